The standard InChI is InChI=1S/C8H13N/c1-8(2,3)7-4-5-9-6-7/h4-7H,1-3H3. The first-order chi connectivity index (χ1) is 4.11. The Kier molecular flexibility index (Phi) is 1.43. The summed E-state index contributed by atoms with van der Waals surface area (Å²) in [4.78, 5) is 4.03. The highest BCUT2D eigenvalue weighted by Crippen LogP contribution is 2.27. The summed E-state index contributed by atoms with van der Waals surface area (Å²) < 4.78 is 0. The van der Waals surface area contributed by atoms with E-state index in [1.54, 1.807) is 0 Å². The first-order valence-corrected chi connectivity index (χ1v) is 3.31. The first-order valence-electron chi connectivity index (χ1n) is 3.31. The predicted molar refractivity (Wildman–Crippen MR) is 40.6 cm³/mol. The molecule has 1 rings (SSSR count). The second-order valence-corrected chi connectivity index (χ2v) is 3.53. The number of hydrogen-bond acceptors (Lipinski definition) is 1. The van der Waals surface area contributed by atoms with Crippen molar-refractivity contribution in [3.63, 3.8) is 0 Å². The first kappa shape index (κ1) is 6.53. The van der Waals surface area contributed by atoms with Crippen molar-refractivity contribution in [2.75, 3.05) is 0 Å². The fourth-order valence-electron chi connectivity index (χ4n) is 0.847. The molecule has 1 unspecified atom stereocenters. The summed E-state index contributed by atoms with van der Waals surface area (Å²) in [5, 5.41) is 0. The lowest BCUT2D eigenvalue weighted by atomic mass is 9.82. The molecule has 0 aromatic carbocycles. The Labute approximate surface area is 56.5 Å². The van der Waals surface area contributed by atoms with Gasteiger partial charge in [-0.1, -0.05) is 26.8 Å². The molecular weight excluding hydrogens is 110 g/mol. The van der Waals surface area contributed by atoms with Gasteiger partial charge in [-0.3, -0.25) is 4.99 Å². The molecule has 0 spiro atoms. The summed E-state index contributed by atoms with van der Waals surface area (Å²) in [6, 6.07) is 0. The quantitative estimate of drug-likeness (QED) is 0.468. The molecule has 0 amide bonds. The van der Waals surface area contributed by atoms with Gasteiger partial charge in [0.2, 0.25) is 0 Å². The molecular formula is C8H13N. The van der Waals surface area contributed by atoms with Crippen molar-refractivity contribution in [3.8, 4) is 0 Å². The summed E-state index contributed by atoms with van der Waals surface area (Å²) in [6.07, 6.45) is 6.01. The van der Waals surface area contributed by atoms with Gasteiger partial charge in [-0.15, -0.1) is 0 Å². The van der Waals surface area contributed by atoms with E-state index in [-0.39, 0.29) is 0 Å². The zero-order valence-electron chi connectivity index (χ0n) is 6.26. The van der Waals surface area contributed by atoms with Crippen LogP contribution in [0.1, 0.15) is 20.8 Å². The van der Waals surface area contributed by atoms with E-state index in [0.29, 0.717) is 11.3 Å². The Morgan fingerprint density at radius 2 is 2.00 bits per heavy atom. The van der Waals surface area contributed by atoms with Crippen molar-refractivity contribution in [1.29, 1.82) is 0 Å². The van der Waals surface area contributed by atoms with E-state index in [0.717, 1.165) is 0 Å². The van der Waals surface area contributed by atoms with Crippen molar-refractivity contribution in [2.45, 2.75) is 20.8 Å². The molecule has 0 aromatic rings. The van der Waals surface area contributed by atoms with Crippen molar-refractivity contribution < 1.29 is 0 Å². The second kappa shape index (κ2) is 1.98. The molecule has 0 aliphatic carbocycles. The van der Waals surface area contributed by atoms with Gasteiger partial charge in [0.05, 0.1) is 0 Å². The van der Waals surface area contributed by atoms with Gasteiger partial charge in [-0.05, 0) is 5.41 Å². The van der Waals surface area contributed by atoms with Gasteiger partial charge < -0.3 is 0 Å². The van der Waals surface area contributed by atoms with Gasteiger partial charge in [0.15, 0.2) is 0 Å². The minimum atomic E-state index is 0.344. The van der Waals surface area contributed by atoms with Crippen LogP contribution in [-0.2, 0) is 0 Å². The van der Waals surface area contributed by atoms with Gasteiger partial charge in [0.25, 0.3) is 0 Å². The number of allylic oxidation sites excluding steroid dienone is 1. The van der Waals surface area contributed by atoms with Crippen LogP contribution in [0.4, 0.5) is 0 Å². The van der Waals surface area contributed by atoms with Crippen LogP contribution >= 0.6 is 0 Å². The number of nitrogens with zero attached hydrogens (tertiary/aromatic N) is 1. The molecule has 9 heavy (non-hydrogen) atoms. The highest BCUT2D eigenvalue weighted by atomic mass is 14.7. The van der Waals surface area contributed by atoms with E-state index in [1.807, 2.05) is 12.4 Å². The van der Waals surface area contributed by atoms with Crippen molar-refractivity contribution in [2.24, 2.45) is 16.3 Å². The Balaban J connectivity index is 2.64. The summed E-state index contributed by atoms with van der Waals surface area (Å²) >= 11 is 0. The molecule has 1 nitrogen and oxygen atoms in total. The SMILES string of the molecule is CC(C)(C)C1C=CN=C1. The maximum atomic E-state index is 4.03. The molecule has 0 bridgehead atoms. The average Bonchev–Trinajstić information content (AvgIpc) is 2.08. The molecule has 0 saturated carbocycles. The van der Waals surface area contributed by atoms with Crippen LogP contribution in [0, 0.1) is 11.3 Å². The van der Waals surface area contributed by atoms with E-state index >= 15 is 0 Å². The smallest absolute Gasteiger partial charge is 0.0230 e. The van der Waals surface area contributed by atoms with Gasteiger partial charge in [0.1, 0.15) is 0 Å². The highest BCUT2D eigenvalue weighted by Gasteiger charge is 2.21. The summed E-state index contributed by atoms with van der Waals surface area (Å²) in [7, 11) is 0. The average molecular weight is 123 g/mol. The molecule has 50 valence electrons. The second-order valence-electron chi connectivity index (χ2n) is 3.53. The zero-order valence-corrected chi connectivity index (χ0v) is 6.26. The number of hydrogen-bond donors (Lipinski definition) is 0. The fourth-order valence-corrected chi connectivity index (χ4v) is 0.847. The van der Waals surface area contributed by atoms with Crippen molar-refractivity contribution in [1.82, 2.24) is 0 Å². The topological polar surface area (TPSA) is 12.4 Å². The molecule has 0 aromatic heterocycles. The lowest BCUT2D eigenvalue weighted by Gasteiger charge is -2.22. The van der Waals surface area contributed by atoms with Gasteiger partial charge in [0, 0.05) is 18.3 Å². The van der Waals surface area contributed by atoms with E-state index < -0.39 is 0 Å². The maximum Gasteiger partial charge on any atom is 0.0230 e. The van der Waals surface area contributed by atoms with Crippen molar-refractivity contribution >= 4 is 6.21 Å². The normalized spacial score (nSPS) is 25.4. The van der Waals surface area contributed by atoms with E-state index in [9.17, 15) is 0 Å². The third-order valence-corrected chi connectivity index (χ3v) is 1.63. The Morgan fingerprint density at radius 1 is 1.33 bits per heavy atom. The van der Waals surface area contributed by atoms with E-state index in [1.165, 1.54) is 0 Å². The predicted octanol–water partition coefficient (Wildman–Crippen LogP) is 2.25. The minimum absolute atomic E-state index is 0.344. The molecule has 0 radical (unpaired) electrons. The van der Waals surface area contributed by atoms with Gasteiger partial charge in [-0.2, -0.15) is 0 Å². The third-order valence-electron chi connectivity index (χ3n) is 1.63. The fraction of sp³-hybridized carbons (Fsp3) is 0.625. The molecule has 0 N–H and O–H groups in total. The monoisotopic (exact) mass is 123 g/mol. The van der Waals surface area contributed by atoms with Crippen molar-refractivity contribution in [3.05, 3.63) is 12.3 Å². The van der Waals surface area contributed by atoms with Crippen LogP contribution in [0.2, 0.25) is 0 Å². The van der Waals surface area contributed by atoms with Crippen LogP contribution in [0.3, 0.4) is 0 Å². The molecule has 1 aliphatic rings. The van der Waals surface area contributed by atoms with Gasteiger partial charge in [-0.25, -0.2) is 0 Å². The lowest BCUT2D eigenvalue weighted by Crippen LogP contribution is -2.17. The molecule has 1 aliphatic heterocycles. The van der Waals surface area contributed by atoms with E-state index in [2.05, 4.69) is 31.8 Å². The Bertz CT molecular complexity index is 136. The van der Waals surface area contributed by atoms with Crippen LogP contribution in [0.15, 0.2) is 17.3 Å². The summed E-state index contributed by atoms with van der Waals surface area (Å²) in [5.74, 6) is 0.539. The zero-order chi connectivity index (χ0) is 6.91. The molecule has 0 fully saturated rings. The molecule has 1 heterocycles. The number of aliphatic imine (C=N–C) groups is 1. The van der Waals surface area contributed by atoms with Crippen LogP contribution in [0.5, 0.6) is 0 Å². The highest BCUT2D eigenvalue weighted by molar-refractivity contribution is 5.67. The minimum Gasteiger partial charge on any atom is -0.269 e. The molecule has 1 atom stereocenters. The largest absolute Gasteiger partial charge is 0.269 e. The Morgan fingerprint density at radius 3 is 2.22 bits per heavy atom. The number of rotatable bonds is 0. The lowest BCUT2D eigenvalue weighted by molar-refractivity contribution is 0.368. The molecule has 1 heteroatoms. The van der Waals surface area contributed by atoms with Crippen LogP contribution in [0.25, 0.3) is 0 Å². The van der Waals surface area contributed by atoms with Crippen LogP contribution in [-0.4, -0.2) is 6.21 Å². The summed E-state index contributed by atoms with van der Waals surface area (Å²) in [6.45, 7) is 6.66. The summed E-state index contributed by atoms with van der Waals surface area (Å²) in [5.41, 5.74) is 0.344. The Hall–Kier alpha value is -0.590. The maximum absolute atomic E-state index is 4.03. The van der Waals surface area contributed by atoms with E-state index in [4.69, 9.17) is 0 Å². The molecule has 0 saturated heterocycles. The third kappa shape index (κ3) is 1.41. The van der Waals surface area contributed by atoms with Gasteiger partial charge >= 0.3 is 0 Å². The van der Waals surface area contributed by atoms with Crippen LogP contribution < -0.4 is 0 Å².